The van der Waals surface area contributed by atoms with Crippen LogP contribution < -0.4 is 10.5 Å². The summed E-state index contributed by atoms with van der Waals surface area (Å²) in [5, 5.41) is 0. The third-order valence-electron chi connectivity index (χ3n) is 2.70. The van der Waals surface area contributed by atoms with Crippen LogP contribution in [0.3, 0.4) is 0 Å². The van der Waals surface area contributed by atoms with Crippen LogP contribution in [0.5, 0.6) is 5.75 Å². The molecule has 0 radical (unpaired) electrons. The highest BCUT2D eigenvalue weighted by Gasteiger charge is 2.24. The summed E-state index contributed by atoms with van der Waals surface area (Å²) in [6, 6.07) is 3.36. The summed E-state index contributed by atoms with van der Waals surface area (Å²) in [5.41, 5.74) is 6.49. The molecule has 0 saturated carbocycles. The molecule has 2 nitrogen and oxygen atoms in total. The molecule has 1 aliphatic rings. The molecule has 0 saturated heterocycles. The molecular formula is C11H13BrFNO. The van der Waals surface area contributed by atoms with Crippen LogP contribution in [0.2, 0.25) is 0 Å². The van der Waals surface area contributed by atoms with Gasteiger partial charge in [-0.3, -0.25) is 0 Å². The molecule has 0 aromatic heterocycles. The second-order valence-corrected chi connectivity index (χ2v) is 4.63. The van der Waals surface area contributed by atoms with Gasteiger partial charge in [0.1, 0.15) is 0 Å². The minimum Gasteiger partial charge on any atom is -0.490 e. The van der Waals surface area contributed by atoms with Crippen molar-refractivity contribution in [3.05, 3.63) is 28.0 Å². The van der Waals surface area contributed by atoms with Crippen LogP contribution in [0.15, 0.2) is 16.6 Å². The minimum absolute atomic E-state index is 0.291. The predicted octanol–water partition coefficient (Wildman–Crippen LogP) is 2.80. The fraction of sp³-hybridized carbons (Fsp3) is 0.455. The summed E-state index contributed by atoms with van der Waals surface area (Å²) < 4.78 is 19.7. The molecule has 1 aromatic rings. The first-order valence-corrected chi connectivity index (χ1v) is 5.83. The molecule has 0 bridgehead atoms. The number of halogens is 2. The molecule has 1 atom stereocenters. The molecule has 4 heteroatoms. The number of hydrogen-bond acceptors (Lipinski definition) is 2. The number of benzene rings is 1. The SMILES string of the molecule is NCCC1CCOc2c(F)cc(Br)cc21. The Morgan fingerprint density at radius 3 is 3.07 bits per heavy atom. The van der Waals surface area contributed by atoms with Crippen molar-refractivity contribution < 1.29 is 9.13 Å². The van der Waals surface area contributed by atoms with Crippen molar-refractivity contribution in [2.75, 3.05) is 13.2 Å². The summed E-state index contributed by atoms with van der Waals surface area (Å²) in [4.78, 5) is 0. The standard InChI is InChI=1S/C11H13BrFNO/c12-8-5-9-7(1-3-14)2-4-15-11(9)10(13)6-8/h5-7H,1-4,14H2. The molecule has 0 spiro atoms. The van der Waals surface area contributed by atoms with E-state index >= 15 is 0 Å². The van der Waals surface area contributed by atoms with Gasteiger partial charge in [0, 0.05) is 10.0 Å². The number of rotatable bonds is 2. The van der Waals surface area contributed by atoms with E-state index in [-0.39, 0.29) is 5.82 Å². The smallest absolute Gasteiger partial charge is 0.166 e. The molecule has 15 heavy (non-hydrogen) atoms. The van der Waals surface area contributed by atoms with Gasteiger partial charge in [0.25, 0.3) is 0 Å². The Balaban J connectivity index is 2.41. The summed E-state index contributed by atoms with van der Waals surface area (Å²) in [5.74, 6) is 0.440. The first-order valence-electron chi connectivity index (χ1n) is 5.04. The number of hydrogen-bond donors (Lipinski definition) is 1. The topological polar surface area (TPSA) is 35.2 Å². The monoisotopic (exact) mass is 273 g/mol. The van der Waals surface area contributed by atoms with Crippen molar-refractivity contribution in [3.8, 4) is 5.75 Å². The lowest BCUT2D eigenvalue weighted by atomic mass is 9.90. The molecular weight excluding hydrogens is 261 g/mol. The molecule has 1 unspecified atom stereocenters. The molecule has 1 aliphatic heterocycles. The van der Waals surface area contributed by atoms with E-state index < -0.39 is 0 Å². The van der Waals surface area contributed by atoms with Gasteiger partial charge in [-0.2, -0.15) is 0 Å². The van der Waals surface area contributed by atoms with E-state index in [1.807, 2.05) is 6.07 Å². The van der Waals surface area contributed by atoms with E-state index in [4.69, 9.17) is 10.5 Å². The highest BCUT2D eigenvalue weighted by molar-refractivity contribution is 9.10. The van der Waals surface area contributed by atoms with Crippen molar-refractivity contribution in [1.29, 1.82) is 0 Å². The van der Waals surface area contributed by atoms with E-state index in [1.165, 1.54) is 6.07 Å². The summed E-state index contributed by atoms with van der Waals surface area (Å²) in [6.45, 7) is 1.20. The molecule has 2 N–H and O–H groups in total. The minimum atomic E-state index is -0.291. The van der Waals surface area contributed by atoms with Gasteiger partial charge in [-0.15, -0.1) is 0 Å². The van der Waals surface area contributed by atoms with E-state index in [0.29, 0.717) is 24.8 Å². The Labute approximate surface area is 96.7 Å². The van der Waals surface area contributed by atoms with Gasteiger partial charge >= 0.3 is 0 Å². The molecule has 0 aliphatic carbocycles. The zero-order valence-electron chi connectivity index (χ0n) is 8.30. The van der Waals surface area contributed by atoms with Gasteiger partial charge in [0.05, 0.1) is 6.61 Å². The van der Waals surface area contributed by atoms with E-state index in [1.54, 1.807) is 0 Å². The normalized spacial score (nSPS) is 19.5. The Morgan fingerprint density at radius 1 is 1.53 bits per heavy atom. The molecule has 2 rings (SSSR count). The number of nitrogens with two attached hydrogens (primary N) is 1. The zero-order chi connectivity index (χ0) is 10.8. The summed E-state index contributed by atoms with van der Waals surface area (Å²) in [7, 11) is 0. The van der Waals surface area contributed by atoms with E-state index in [2.05, 4.69) is 15.9 Å². The maximum atomic E-state index is 13.6. The molecule has 0 fully saturated rings. The maximum absolute atomic E-state index is 13.6. The highest BCUT2D eigenvalue weighted by atomic mass is 79.9. The first-order chi connectivity index (χ1) is 7.22. The third-order valence-corrected chi connectivity index (χ3v) is 3.16. The molecule has 0 amide bonds. The number of fused-ring (bicyclic) bond motifs is 1. The zero-order valence-corrected chi connectivity index (χ0v) is 9.89. The number of ether oxygens (including phenoxy) is 1. The lowest BCUT2D eigenvalue weighted by Crippen LogP contribution is -2.18. The fourth-order valence-electron chi connectivity index (χ4n) is 2.00. The summed E-state index contributed by atoms with van der Waals surface area (Å²) in [6.07, 6.45) is 1.80. The van der Waals surface area contributed by atoms with Crippen molar-refractivity contribution in [2.24, 2.45) is 5.73 Å². The Kier molecular flexibility index (Phi) is 3.26. The molecule has 1 aromatic carbocycles. The van der Waals surface area contributed by atoms with Gasteiger partial charge in [-0.05, 0) is 37.4 Å². The van der Waals surface area contributed by atoms with Gasteiger partial charge in [0.15, 0.2) is 11.6 Å². The van der Waals surface area contributed by atoms with Crippen LogP contribution in [0.1, 0.15) is 24.3 Å². The average Bonchev–Trinajstić information content (AvgIpc) is 2.19. The van der Waals surface area contributed by atoms with E-state index in [9.17, 15) is 4.39 Å². The Bertz CT molecular complexity index is 370. The van der Waals surface area contributed by atoms with Crippen molar-refractivity contribution in [2.45, 2.75) is 18.8 Å². The molecule has 82 valence electrons. The quantitative estimate of drug-likeness (QED) is 0.900. The third kappa shape index (κ3) is 2.16. The van der Waals surface area contributed by atoms with E-state index in [0.717, 1.165) is 22.9 Å². The van der Waals surface area contributed by atoms with Gasteiger partial charge in [-0.1, -0.05) is 15.9 Å². The Hall–Kier alpha value is -0.610. The van der Waals surface area contributed by atoms with Crippen LogP contribution >= 0.6 is 15.9 Å². The fourth-order valence-corrected chi connectivity index (χ4v) is 2.44. The lowest BCUT2D eigenvalue weighted by Gasteiger charge is -2.26. The highest BCUT2D eigenvalue weighted by Crippen LogP contribution is 2.39. The molecule has 1 heterocycles. The predicted molar refractivity (Wildman–Crippen MR) is 60.6 cm³/mol. The van der Waals surface area contributed by atoms with Crippen LogP contribution in [0.4, 0.5) is 4.39 Å². The van der Waals surface area contributed by atoms with Crippen molar-refractivity contribution >= 4 is 15.9 Å². The lowest BCUT2D eigenvalue weighted by molar-refractivity contribution is 0.251. The van der Waals surface area contributed by atoms with Crippen LogP contribution in [0, 0.1) is 5.82 Å². The Morgan fingerprint density at radius 2 is 2.33 bits per heavy atom. The largest absolute Gasteiger partial charge is 0.490 e. The first kappa shape index (κ1) is 10.9. The second-order valence-electron chi connectivity index (χ2n) is 3.72. The van der Waals surface area contributed by atoms with Gasteiger partial charge in [-0.25, -0.2) is 4.39 Å². The average molecular weight is 274 g/mol. The second kappa shape index (κ2) is 4.49. The summed E-state index contributed by atoms with van der Waals surface area (Å²) >= 11 is 3.29. The van der Waals surface area contributed by atoms with Crippen LogP contribution in [-0.2, 0) is 0 Å². The van der Waals surface area contributed by atoms with Crippen molar-refractivity contribution in [3.63, 3.8) is 0 Å². The van der Waals surface area contributed by atoms with Crippen LogP contribution in [0.25, 0.3) is 0 Å². The van der Waals surface area contributed by atoms with Crippen LogP contribution in [-0.4, -0.2) is 13.2 Å². The maximum Gasteiger partial charge on any atom is 0.166 e. The van der Waals surface area contributed by atoms with Gasteiger partial charge < -0.3 is 10.5 Å². The van der Waals surface area contributed by atoms with Gasteiger partial charge in [0.2, 0.25) is 0 Å². The van der Waals surface area contributed by atoms with Crippen molar-refractivity contribution in [1.82, 2.24) is 0 Å².